The van der Waals surface area contributed by atoms with Crippen LogP contribution in [0.5, 0.6) is 11.5 Å². The highest BCUT2D eigenvalue weighted by atomic mass is 16.6. The van der Waals surface area contributed by atoms with E-state index in [9.17, 15) is 14.7 Å². The van der Waals surface area contributed by atoms with Crippen molar-refractivity contribution >= 4 is 41.5 Å². The number of aromatic nitrogens is 4. The molecule has 1 fully saturated rings. The van der Waals surface area contributed by atoms with Crippen molar-refractivity contribution in [2.24, 2.45) is 4.99 Å². The monoisotopic (exact) mass is 923 g/mol. The van der Waals surface area contributed by atoms with Crippen LogP contribution in [0.25, 0.3) is 11.2 Å². The molecule has 6 rings (SSSR count). The van der Waals surface area contributed by atoms with E-state index in [1.807, 2.05) is 93.0 Å². The summed E-state index contributed by atoms with van der Waals surface area (Å²) in [5, 5.41) is 23.3. The van der Waals surface area contributed by atoms with E-state index in [-0.39, 0.29) is 26.2 Å². The number of rotatable bonds is 16. The number of alkyl carbamates (subject to hydrolysis) is 1. The lowest BCUT2D eigenvalue weighted by Crippen LogP contribution is -2.50. The number of fused-ring (bicyclic) bond motifs is 1. The zero-order valence-corrected chi connectivity index (χ0v) is 39.6. The minimum atomic E-state index is -1.29. The van der Waals surface area contributed by atoms with Crippen LogP contribution < -0.4 is 14.8 Å². The van der Waals surface area contributed by atoms with Gasteiger partial charge < -0.3 is 43.2 Å². The second-order valence-electron chi connectivity index (χ2n) is 17.9. The SMILES string of the molecule is COc1ccc(C(OC[C@H]2O[C@@H](n3cnc4c(N=CN(C)C)ncnc43)[C@H](OCCCN(C(=N)NC(=O)OC(C)(C)C)C(=O)OC(C)(C)C)[C@@H]2O)(c2ccccc2)c2ccc(OC)cc2)cc1. The van der Waals surface area contributed by atoms with Crippen LogP contribution in [0.4, 0.5) is 15.4 Å². The Labute approximate surface area is 390 Å². The van der Waals surface area contributed by atoms with Crippen LogP contribution in [-0.2, 0) is 29.3 Å². The molecule has 1 saturated heterocycles. The minimum absolute atomic E-state index is 0.0418. The zero-order chi connectivity index (χ0) is 48.5. The van der Waals surface area contributed by atoms with Gasteiger partial charge in [0.25, 0.3) is 0 Å². The average Bonchev–Trinajstić information content (AvgIpc) is 3.85. The predicted octanol–water partition coefficient (Wildman–Crippen LogP) is 6.80. The molecule has 19 nitrogen and oxygen atoms in total. The van der Waals surface area contributed by atoms with Gasteiger partial charge in [-0.1, -0.05) is 54.6 Å². The third kappa shape index (κ3) is 12.2. The summed E-state index contributed by atoms with van der Waals surface area (Å²) >= 11 is 0. The number of aliphatic hydroxyl groups excluding tert-OH is 1. The molecule has 3 heterocycles. The molecule has 0 saturated carbocycles. The number of carbonyl (C=O) groups is 2. The second-order valence-corrected chi connectivity index (χ2v) is 17.9. The van der Waals surface area contributed by atoms with Crippen molar-refractivity contribution in [2.45, 2.75) is 89.3 Å². The summed E-state index contributed by atoms with van der Waals surface area (Å²) in [6, 6.07) is 25.0. The summed E-state index contributed by atoms with van der Waals surface area (Å²) in [5.41, 5.74) is 0.170. The van der Waals surface area contributed by atoms with Gasteiger partial charge in [-0.25, -0.2) is 34.4 Å². The molecule has 67 heavy (non-hydrogen) atoms. The molecule has 0 aliphatic carbocycles. The number of guanidine groups is 1. The van der Waals surface area contributed by atoms with Crippen molar-refractivity contribution in [1.82, 2.24) is 34.6 Å². The van der Waals surface area contributed by atoms with E-state index in [0.717, 1.165) is 21.6 Å². The lowest BCUT2D eigenvalue weighted by molar-refractivity contribution is -0.0961. The molecule has 0 unspecified atom stereocenters. The van der Waals surface area contributed by atoms with Crippen LogP contribution in [0.2, 0.25) is 0 Å². The minimum Gasteiger partial charge on any atom is -0.497 e. The number of hydrogen-bond donors (Lipinski definition) is 3. The topological polar surface area (TPSA) is 217 Å². The Balaban J connectivity index is 1.33. The molecule has 3 aromatic carbocycles. The molecule has 1 aliphatic heterocycles. The maximum Gasteiger partial charge on any atom is 0.417 e. The summed E-state index contributed by atoms with van der Waals surface area (Å²) < 4.78 is 44.0. The Morgan fingerprint density at radius 2 is 1.46 bits per heavy atom. The molecule has 0 radical (unpaired) electrons. The van der Waals surface area contributed by atoms with Gasteiger partial charge >= 0.3 is 12.2 Å². The Kier molecular flexibility index (Phi) is 15.8. The Hall–Kier alpha value is -6.67. The molecule has 358 valence electrons. The van der Waals surface area contributed by atoms with Crippen molar-refractivity contribution in [3.05, 3.63) is 108 Å². The fraction of sp³-hybridized carbons (Fsp3) is 0.438. The molecule has 2 amide bonds. The number of aliphatic hydroxyl groups is 1. The van der Waals surface area contributed by atoms with Gasteiger partial charge in [0, 0.05) is 27.2 Å². The molecule has 2 aromatic heterocycles. The van der Waals surface area contributed by atoms with Gasteiger partial charge in [-0.05, 0) is 88.9 Å². The lowest BCUT2D eigenvalue weighted by Gasteiger charge is -2.37. The Bertz CT molecular complexity index is 2420. The normalized spacial score (nSPS) is 17.6. The number of hydrogen-bond acceptors (Lipinski definition) is 15. The van der Waals surface area contributed by atoms with E-state index in [0.29, 0.717) is 28.5 Å². The van der Waals surface area contributed by atoms with E-state index >= 15 is 0 Å². The van der Waals surface area contributed by atoms with E-state index < -0.39 is 59.5 Å². The van der Waals surface area contributed by atoms with Crippen molar-refractivity contribution in [3.63, 3.8) is 0 Å². The highest BCUT2D eigenvalue weighted by molar-refractivity contribution is 5.99. The first-order valence-corrected chi connectivity index (χ1v) is 21.7. The van der Waals surface area contributed by atoms with Gasteiger partial charge in [-0.3, -0.25) is 15.3 Å². The maximum absolute atomic E-state index is 13.4. The molecule has 0 spiro atoms. The number of aliphatic imine (C=N–C) groups is 1. The van der Waals surface area contributed by atoms with E-state index in [1.54, 1.807) is 71.6 Å². The number of methoxy groups -OCH3 is 2. The first-order chi connectivity index (χ1) is 31.8. The Morgan fingerprint density at radius 3 is 2.03 bits per heavy atom. The van der Waals surface area contributed by atoms with E-state index in [1.165, 1.54) is 12.7 Å². The van der Waals surface area contributed by atoms with Crippen LogP contribution in [0.1, 0.15) is 70.9 Å². The van der Waals surface area contributed by atoms with Crippen LogP contribution in [0.15, 0.2) is 96.5 Å². The molecular weight excluding hydrogens is 863 g/mol. The summed E-state index contributed by atoms with van der Waals surface area (Å²) in [6.07, 6.45) is -1.45. The van der Waals surface area contributed by atoms with Gasteiger partial charge in [0.1, 0.15) is 52.9 Å². The number of nitrogens with one attached hydrogen (secondary N) is 2. The molecule has 1 aliphatic rings. The number of benzene rings is 3. The first-order valence-electron chi connectivity index (χ1n) is 21.7. The summed E-state index contributed by atoms with van der Waals surface area (Å²) in [4.78, 5) is 46.7. The van der Waals surface area contributed by atoms with Crippen LogP contribution in [0, 0.1) is 5.41 Å². The molecular formula is C48H61N9O10. The predicted molar refractivity (Wildman–Crippen MR) is 250 cm³/mol. The Morgan fingerprint density at radius 1 is 0.866 bits per heavy atom. The van der Waals surface area contributed by atoms with Crippen molar-refractivity contribution in [2.75, 3.05) is 48.1 Å². The lowest BCUT2D eigenvalue weighted by atomic mass is 9.80. The smallest absolute Gasteiger partial charge is 0.417 e. The van der Waals surface area contributed by atoms with Crippen LogP contribution in [0.3, 0.4) is 0 Å². The molecule has 3 N–H and O–H groups in total. The van der Waals surface area contributed by atoms with Gasteiger partial charge in [0.05, 0.1) is 33.5 Å². The van der Waals surface area contributed by atoms with Crippen molar-refractivity contribution in [3.8, 4) is 11.5 Å². The van der Waals surface area contributed by atoms with Crippen LogP contribution in [-0.4, -0.2) is 136 Å². The number of nitrogens with zero attached hydrogens (tertiary/aromatic N) is 7. The standard InChI is InChI=1S/C48H61N9O10/c1-46(2,3)66-44(59)54-43(49)56(45(60)67-47(4,5)6)25-14-26-63-39-38(58)36(65-42(39)57-30-52-37-40(53-29-55(7)8)50-28-51-41(37)57)27-64-48(31-15-12-11-13-16-31,32-17-21-34(61-9)22-18-32)33-19-23-35(62-10)24-20-33/h11-13,15-24,28-30,36,38-39,42,58H,14,25-27H2,1-10H3,(H2,49,54,59)/t36-,38-,39-,42-/m1/s1. The third-order valence-corrected chi connectivity index (χ3v) is 10.3. The molecule has 0 bridgehead atoms. The highest BCUT2D eigenvalue weighted by Crippen LogP contribution is 2.43. The van der Waals surface area contributed by atoms with Gasteiger partial charge in [-0.15, -0.1) is 0 Å². The number of amides is 2. The third-order valence-electron chi connectivity index (χ3n) is 10.3. The average molecular weight is 924 g/mol. The second kappa shape index (κ2) is 21.3. The molecule has 5 aromatic rings. The molecule has 19 heteroatoms. The number of imidazole rings is 1. The van der Waals surface area contributed by atoms with Crippen molar-refractivity contribution < 1.29 is 47.9 Å². The van der Waals surface area contributed by atoms with E-state index in [4.69, 9.17) is 38.6 Å². The van der Waals surface area contributed by atoms with Gasteiger partial charge in [0.2, 0.25) is 5.96 Å². The summed E-state index contributed by atoms with van der Waals surface area (Å²) in [6.45, 7) is 9.85. The zero-order valence-electron chi connectivity index (χ0n) is 39.6. The maximum atomic E-state index is 13.4. The highest BCUT2D eigenvalue weighted by Gasteiger charge is 2.48. The fourth-order valence-corrected chi connectivity index (χ4v) is 7.35. The quantitative estimate of drug-likeness (QED) is 0.0401. The van der Waals surface area contributed by atoms with Gasteiger partial charge in [-0.2, -0.15) is 0 Å². The number of ether oxygens (including phenoxy) is 7. The van der Waals surface area contributed by atoms with Gasteiger partial charge in [0.15, 0.2) is 23.2 Å². The van der Waals surface area contributed by atoms with Crippen LogP contribution >= 0.6 is 0 Å². The first kappa shape index (κ1) is 49.8. The molecule has 4 atom stereocenters. The fourth-order valence-electron chi connectivity index (χ4n) is 7.35. The summed E-state index contributed by atoms with van der Waals surface area (Å²) in [7, 11) is 6.88. The van der Waals surface area contributed by atoms with E-state index in [2.05, 4.69) is 25.3 Å². The number of carbonyl (C=O) groups excluding carboxylic acids is 2. The largest absolute Gasteiger partial charge is 0.497 e. The van der Waals surface area contributed by atoms with Crippen molar-refractivity contribution in [1.29, 1.82) is 5.41 Å². The summed E-state index contributed by atoms with van der Waals surface area (Å²) in [5.74, 6) is 1.10.